The zero-order valence-electron chi connectivity index (χ0n) is 21.1. The topological polar surface area (TPSA) is 78.8 Å². The third-order valence-electron chi connectivity index (χ3n) is 9.07. The molecule has 1 amide bonds. The lowest BCUT2D eigenvalue weighted by molar-refractivity contribution is 0.0862. The van der Waals surface area contributed by atoms with Crippen LogP contribution in [0.25, 0.3) is 0 Å². The van der Waals surface area contributed by atoms with Gasteiger partial charge in [-0.1, -0.05) is 44.2 Å². The summed E-state index contributed by atoms with van der Waals surface area (Å²) in [5.74, 6) is 2.09. The molecule has 3 N–H and O–H groups in total. The molecular formula is C29H43NO4. The van der Waals surface area contributed by atoms with Crippen LogP contribution < -0.4 is 5.32 Å². The number of hydrogen-bond acceptors (Lipinski definition) is 4. The Balaban J connectivity index is 1.46. The molecule has 0 aliphatic heterocycles. The van der Waals surface area contributed by atoms with Crippen molar-refractivity contribution in [3.05, 3.63) is 47.6 Å². The van der Waals surface area contributed by atoms with E-state index < -0.39 is 12.2 Å². The molecule has 5 heteroatoms. The molecule has 4 rings (SSSR count). The standard InChI is InChI=1S/C29H43NO4/c1-18(7-14-27(21-9-10-21)34-28(33)30-4)24-12-13-25-20(6-5-15-29(24,25)3)8-11-22-16-23(31)17-26(32)19(22)2/h7-8,11,14,18,21,23-27,31-32H,2,5-6,9-10,12-13,15-17H2,1,3-4H3,(H,30,33)/b14-7+,20-8+,22-11-/t18-,23-,24-,25+,26+,27+,29-/m1/s1. The number of hydrogen-bond donors (Lipinski definition) is 3. The number of allylic oxidation sites excluding steroid dienone is 4. The quantitative estimate of drug-likeness (QED) is 0.452. The van der Waals surface area contributed by atoms with Gasteiger partial charge in [-0.2, -0.15) is 0 Å². The number of carbonyl (C=O) groups is 1. The third-order valence-corrected chi connectivity index (χ3v) is 9.07. The van der Waals surface area contributed by atoms with Crippen molar-refractivity contribution in [3.8, 4) is 0 Å². The van der Waals surface area contributed by atoms with E-state index in [-0.39, 0.29) is 17.6 Å². The van der Waals surface area contributed by atoms with E-state index in [9.17, 15) is 15.0 Å². The van der Waals surface area contributed by atoms with Gasteiger partial charge in [-0.25, -0.2) is 4.79 Å². The average Bonchev–Trinajstić information content (AvgIpc) is 3.58. The van der Waals surface area contributed by atoms with Crippen molar-refractivity contribution in [3.63, 3.8) is 0 Å². The highest BCUT2D eigenvalue weighted by Gasteiger charge is 2.50. The van der Waals surface area contributed by atoms with Crippen molar-refractivity contribution in [1.82, 2.24) is 5.32 Å². The van der Waals surface area contributed by atoms with E-state index >= 15 is 0 Å². The molecule has 34 heavy (non-hydrogen) atoms. The van der Waals surface area contributed by atoms with Gasteiger partial charge in [0.05, 0.1) is 12.2 Å². The van der Waals surface area contributed by atoms with Gasteiger partial charge < -0.3 is 20.3 Å². The fourth-order valence-corrected chi connectivity index (χ4v) is 6.93. The molecule has 0 aromatic heterocycles. The number of carbonyl (C=O) groups excluding carboxylic acids is 1. The third kappa shape index (κ3) is 5.36. The number of aliphatic hydroxyl groups excluding tert-OH is 2. The van der Waals surface area contributed by atoms with E-state index in [1.165, 1.54) is 31.3 Å². The Morgan fingerprint density at radius 3 is 2.68 bits per heavy atom. The summed E-state index contributed by atoms with van der Waals surface area (Å²) < 4.78 is 5.60. The molecule has 0 aromatic carbocycles. The number of nitrogens with one attached hydrogen (secondary N) is 1. The molecule has 4 aliphatic rings. The fraction of sp³-hybridized carbons (Fsp3) is 0.690. The molecule has 4 aliphatic carbocycles. The molecule has 0 saturated heterocycles. The Bertz CT molecular complexity index is 869. The van der Waals surface area contributed by atoms with Gasteiger partial charge in [-0.05, 0) is 97.7 Å². The highest BCUT2D eigenvalue weighted by Crippen LogP contribution is 2.59. The van der Waals surface area contributed by atoms with Gasteiger partial charge in [0.25, 0.3) is 0 Å². The van der Waals surface area contributed by atoms with Gasteiger partial charge in [0.1, 0.15) is 6.10 Å². The van der Waals surface area contributed by atoms with Gasteiger partial charge in [0.2, 0.25) is 0 Å². The first-order chi connectivity index (χ1) is 16.2. The van der Waals surface area contributed by atoms with E-state index in [0.29, 0.717) is 36.5 Å². The van der Waals surface area contributed by atoms with E-state index in [0.717, 1.165) is 30.4 Å². The monoisotopic (exact) mass is 469 g/mol. The van der Waals surface area contributed by atoms with Crippen LogP contribution in [0.15, 0.2) is 47.6 Å². The van der Waals surface area contributed by atoms with Gasteiger partial charge in [0, 0.05) is 13.5 Å². The van der Waals surface area contributed by atoms with Crippen molar-refractivity contribution in [1.29, 1.82) is 0 Å². The van der Waals surface area contributed by atoms with E-state index in [2.05, 4.69) is 50.0 Å². The normalized spacial score (nSPS) is 38.2. The Hall–Kier alpha value is -1.85. The van der Waals surface area contributed by atoms with Crippen LogP contribution in [0.5, 0.6) is 0 Å². The summed E-state index contributed by atoms with van der Waals surface area (Å²) in [7, 11) is 1.61. The molecular weight excluding hydrogens is 426 g/mol. The maximum Gasteiger partial charge on any atom is 0.407 e. The van der Waals surface area contributed by atoms with Crippen LogP contribution >= 0.6 is 0 Å². The second-order valence-electron chi connectivity index (χ2n) is 11.4. The minimum Gasteiger partial charge on any atom is -0.442 e. The molecule has 0 spiro atoms. The maximum atomic E-state index is 11.8. The van der Waals surface area contributed by atoms with Crippen LogP contribution in [0, 0.1) is 29.1 Å². The van der Waals surface area contributed by atoms with E-state index in [1.807, 2.05) is 0 Å². The van der Waals surface area contributed by atoms with Gasteiger partial charge in [0.15, 0.2) is 0 Å². The first kappa shape index (κ1) is 25.2. The van der Waals surface area contributed by atoms with Gasteiger partial charge in [-0.3, -0.25) is 0 Å². The summed E-state index contributed by atoms with van der Waals surface area (Å²) in [6, 6.07) is 0. The Morgan fingerprint density at radius 2 is 1.97 bits per heavy atom. The molecule has 7 atom stereocenters. The molecule has 0 unspecified atom stereocenters. The molecule has 0 radical (unpaired) electrons. The minimum absolute atomic E-state index is 0.116. The lowest BCUT2D eigenvalue weighted by Crippen LogP contribution is -2.35. The van der Waals surface area contributed by atoms with Crippen molar-refractivity contribution in [2.24, 2.45) is 29.1 Å². The van der Waals surface area contributed by atoms with Crippen LogP contribution in [0.1, 0.15) is 71.6 Å². The van der Waals surface area contributed by atoms with Crippen molar-refractivity contribution >= 4 is 6.09 Å². The van der Waals surface area contributed by atoms with E-state index in [1.54, 1.807) is 7.05 Å². The largest absolute Gasteiger partial charge is 0.442 e. The molecule has 4 saturated carbocycles. The zero-order valence-corrected chi connectivity index (χ0v) is 21.1. The summed E-state index contributed by atoms with van der Waals surface area (Å²) in [5, 5.41) is 22.8. The Labute approximate surface area is 205 Å². The second kappa shape index (κ2) is 10.4. The lowest BCUT2D eigenvalue weighted by Gasteiger charge is -2.44. The zero-order chi connectivity index (χ0) is 24.5. The molecule has 0 aromatic rings. The molecule has 0 heterocycles. The summed E-state index contributed by atoms with van der Waals surface area (Å²) in [4.78, 5) is 11.8. The summed E-state index contributed by atoms with van der Waals surface area (Å²) in [5.41, 5.74) is 3.53. The highest BCUT2D eigenvalue weighted by atomic mass is 16.6. The van der Waals surface area contributed by atoms with Crippen LogP contribution in [0.3, 0.4) is 0 Å². The first-order valence-electron chi connectivity index (χ1n) is 13.2. The average molecular weight is 470 g/mol. The number of amides is 1. The number of rotatable bonds is 6. The van der Waals surface area contributed by atoms with E-state index in [4.69, 9.17) is 4.74 Å². The number of fused-ring (bicyclic) bond motifs is 1. The van der Waals surface area contributed by atoms with Gasteiger partial charge in [-0.15, -0.1) is 0 Å². The summed E-state index contributed by atoms with van der Waals surface area (Å²) >= 11 is 0. The number of alkyl carbamates (subject to hydrolysis) is 1. The summed E-state index contributed by atoms with van der Waals surface area (Å²) in [6.45, 7) is 8.87. The first-order valence-corrected chi connectivity index (χ1v) is 13.2. The van der Waals surface area contributed by atoms with Crippen molar-refractivity contribution in [2.75, 3.05) is 7.05 Å². The van der Waals surface area contributed by atoms with Crippen molar-refractivity contribution in [2.45, 2.75) is 89.9 Å². The Kier molecular flexibility index (Phi) is 7.73. The second-order valence-corrected chi connectivity index (χ2v) is 11.4. The predicted octanol–water partition coefficient (Wildman–Crippen LogP) is 5.45. The molecule has 5 nitrogen and oxygen atoms in total. The Morgan fingerprint density at radius 1 is 1.21 bits per heavy atom. The molecule has 0 bridgehead atoms. The number of aliphatic hydroxyl groups is 2. The fourth-order valence-electron chi connectivity index (χ4n) is 6.93. The van der Waals surface area contributed by atoms with Crippen LogP contribution in [0.4, 0.5) is 4.79 Å². The van der Waals surface area contributed by atoms with Gasteiger partial charge >= 0.3 is 6.09 Å². The SMILES string of the molecule is C=C1/C(=C\C=C2/CCC[C@]3(C)[C@@H]([C@H](C)/C=C/[C@H](OC(=O)NC)C4CC4)CC[C@@H]23)C[C@@H](O)C[C@@H]1O. The maximum absolute atomic E-state index is 11.8. The van der Waals surface area contributed by atoms with Crippen LogP contribution in [0.2, 0.25) is 0 Å². The van der Waals surface area contributed by atoms with Crippen LogP contribution in [-0.2, 0) is 4.74 Å². The van der Waals surface area contributed by atoms with Crippen LogP contribution in [-0.4, -0.2) is 41.7 Å². The minimum atomic E-state index is -0.639. The number of ether oxygens (including phenoxy) is 1. The summed E-state index contributed by atoms with van der Waals surface area (Å²) in [6.07, 6.45) is 16.5. The molecule has 4 fully saturated rings. The predicted molar refractivity (Wildman–Crippen MR) is 135 cm³/mol. The lowest BCUT2D eigenvalue weighted by atomic mass is 9.61. The van der Waals surface area contributed by atoms with Crippen molar-refractivity contribution < 1.29 is 19.7 Å². The smallest absolute Gasteiger partial charge is 0.407 e. The highest BCUT2D eigenvalue weighted by molar-refractivity contribution is 5.67. The molecule has 188 valence electrons.